The Kier molecular flexibility index (Phi) is 13.6. The summed E-state index contributed by atoms with van der Waals surface area (Å²) in [5.74, 6) is 0.483. The van der Waals surface area contributed by atoms with Gasteiger partial charge in [-0.3, -0.25) is 9.78 Å². The van der Waals surface area contributed by atoms with Gasteiger partial charge in [0.2, 0.25) is 0 Å². The standard InChI is InChI=1S/C34H34NS.C15H28O2.Ir/c1-20-11-12-23-22(15-20)16-27-31-30-25(13-14-35-31)24-10-8-9-21(18-33(2,3)4)26(24)17-29(30)36-32(27)28(23)19-34(5,6)7;1-6-12(7-2)13(16)11-14(17)15(8-3,9-4)10-5;/h8-15,17H,18-19H2,1-7H3;11-12,16H,6-10H2,1-5H3;/q-1;;/b;13-11-;/i14D;;. The molecule has 0 saturated heterocycles. The van der Waals surface area contributed by atoms with Crippen molar-refractivity contribution >= 4 is 49.9 Å². The van der Waals surface area contributed by atoms with Gasteiger partial charge in [0.15, 0.2) is 5.78 Å². The average Bonchev–Trinajstić information content (AvgIpc) is 3.09. The molecule has 2 heterocycles. The number of carbonyl (C=O) groups excluding carboxylic acids is 1. The molecule has 291 valence electrons. The second-order valence-electron chi connectivity index (χ2n) is 17.6. The fourth-order valence-electron chi connectivity index (χ4n) is 8.06. The number of rotatable bonds is 10. The average molecular weight is 922 g/mol. The Morgan fingerprint density at radius 2 is 1.52 bits per heavy atom. The molecular formula is C49H62IrNO2S-. The van der Waals surface area contributed by atoms with Crippen LogP contribution < -0.4 is 0 Å². The molecule has 0 atom stereocenters. The van der Waals surface area contributed by atoms with Crippen molar-refractivity contribution in [2.75, 3.05) is 0 Å². The van der Waals surface area contributed by atoms with E-state index >= 15 is 0 Å². The van der Waals surface area contributed by atoms with Gasteiger partial charge in [-0.05, 0) is 107 Å². The van der Waals surface area contributed by atoms with Gasteiger partial charge >= 0.3 is 0 Å². The molecule has 1 aliphatic rings. The van der Waals surface area contributed by atoms with Gasteiger partial charge in [0.25, 0.3) is 0 Å². The first kappa shape index (κ1) is 42.2. The molecule has 0 saturated carbocycles. The topological polar surface area (TPSA) is 50.2 Å². The summed E-state index contributed by atoms with van der Waals surface area (Å²) in [5.41, 5.74) is 5.99. The SMILES string of the molecule is CCC(CC)/C(O)=C/C(=O)C(CC)(CC)CC.[2H]c1cc2c3c(cc4c(CC(C)(C)C)cccc42)Sc2c([c-]c4cc(C)ccc4c2CC(C)(C)C)-c3n1.[Ir]. The molecule has 6 rings (SSSR count). The van der Waals surface area contributed by atoms with Crippen LogP contribution in [0.1, 0.15) is 126 Å². The number of carbonyl (C=O) groups is 1. The van der Waals surface area contributed by atoms with E-state index in [0.29, 0.717) is 6.17 Å². The number of benzene rings is 4. The third-order valence-corrected chi connectivity index (χ3v) is 12.5. The molecule has 0 aliphatic carbocycles. The number of hydrogen-bond donors (Lipinski definition) is 1. The molecule has 5 aromatic rings. The third-order valence-electron chi connectivity index (χ3n) is 11.3. The fraction of sp³-hybridized carbons (Fsp3) is 0.469. The summed E-state index contributed by atoms with van der Waals surface area (Å²) >= 11 is 1.88. The van der Waals surface area contributed by atoms with E-state index in [1.807, 2.05) is 52.4 Å². The van der Waals surface area contributed by atoms with E-state index < -0.39 is 0 Å². The molecule has 0 unspecified atom stereocenters. The Morgan fingerprint density at radius 1 is 0.870 bits per heavy atom. The van der Waals surface area contributed by atoms with Crippen molar-refractivity contribution in [1.29, 1.82) is 0 Å². The summed E-state index contributed by atoms with van der Waals surface area (Å²) in [5, 5.41) is 17.2. The Balaban J connectivity index is 0.000000320. The molecule has 0 spiro atoms. The minimum atomic E-state index is -0.278. The second-order valence-corrected chi connectivity index (χ2v) is 18.7. The normalized spacial score (nSPS) is 13.4. The quantitative estimate of drug-likeness (QED) is 0.0644. The van der Waals surface area contributed by atoms with Gasteiger partial charge < -0.3 is 5.11 Å². The number of aliphatic hydroxyl groups is 1. The molecule has 3 nitrogen and oxygen atoms in total. The molecule has 0 bridgehead atoms. The van der Waals surface area contributed by atoms with Crippen LogP contribution in [0.2, 0.25) is 0 Å². The molecular weight excluding hydrogens is 859 g/mol. The molecule has 54 heavy (non-hydrogen) atoms. The van der Waals surface area contributed by atoms with Crippen LogP contribution in [0.4, 0.5) is 0 Å². The van der Waals surface area contributed by atoms with Gasteiger partial charge in [-0.25, -0.2) is 0 Å². The molecule has 1 N–H and O–H groups in total. The number of nitrogens with zero attached hydrogens (tertiary/aromatic N) is 1. The monoisotopic (exact) mass is 922 g/mol. The summed E-state index contributed by atoms with van der Waals surface area (Å²) in [7, 11) is 0. The van der Waals surface area contributed by atoms with Gasteiger partial charge in [-0.2, -0.15) is 0 Å². The maximum Gasteiger partial charge on any atom is 0.165 e. The van der Waals surface area contributed by atoms with Crippen molar-refractivity contribution in [3.05, 3.63) is 89.3 Å². The third kappa shape index (κ3) is 9.17. The van der Waals surface area contributed by atoms with Crippen molar-refractivity contribution in [2.45, 2.75) is 138 Å². The van der Waals surface area contributed by atoms with Crippen LogP contribution in [0.25, 0.3) is 43.6 Å². The number of hydrogen-bond acceptors (Lipinski definition) is 4. The maximum absolute atomic E-state index is 12.3. The smallest absolute Gasteiger partial charge is 0.165 e. The second kappa shape index (κ2) is 17.4. The first-order valence-electron chi connectivity index (χ1n) is 20.4. The van der Waals surface area contributed by atoms with E-state index in [2.05, 4.69) is 97.0 Å². The fourth-order valence-corrected chi connectivity index (χ4v) is 9.32. The zero-order valence-corrected chi connectivity index (χ0v) is 38.0. The van der Waals surface area contributed by atoms with Crippen LogP contribution in [-0.2, 0) is 37.7 Å². The molecule has 5 heteroatoms. The van der Waals surface area contributed by atoms with E-state index in [-0.39, 0.29) is 53.8 Å². The van der Waals surface area contributed by atoms with Crippen LogP contribution in [0, 0.1) is 35.2 Å². The molecule has 1 aliphatic heterocycles. The maximum atomic E-state index is 12.3. The van der Waals surface area contributed by atoms with E-state index in [0.717, 1.165) is 67.0 Å². The predicted molar refractivity (Wildman–Crippen MR) is 229 cm³/mol. The van der Waals surface area contributed by atoms with Crippen molar-refractivity contribution in [3.63, 3.8) is 0 Å². The van der Waals surface area contributed by atoms with Crippen LogP contribution in [0.3, 0.4) is 0 Å². The molecule has 1 aromatic heterocycles. The summed E-state index contributed by atoms with van der Waals surface area (Å²) in [4.78, 5) is 19.6. The van der Waals surface area contributed by atoms with E-state index in [1.54, 1.807) is 0 Å². The predicted octanol–water partition coefficient (Wildman–Crippen LogP) is 14.6. The Morgan fingerprint density at radius 3 is 2.11 bits per heavy atom. The van der Waals surface area contributed by atoms with E-state index in [9.17, 15) is 9.90 Å². The Bertz CT molecular complexity index is 2210. The zero-order valence-electron chi connectivity index (χ0n) is 35.8. The van der Waals surface area contributed by atoms with Gasteiger partial charge in [0.1, 0.15) is 0 Å². The molecule has 0 amide bonds. The summed E-state index contributed by atoms with van der Waals surface area (Å²) in [6, 6.07) is 21.5. The summed E-state index contributed by atoms with van der Waals surface area (Å²) < 4.78 is 8.69. The number of aryl methyl sites for hydroxylation is 1. The van der Waals surface area contributed by atoms with Crippen molar-refractivity contribution in [3.8, 4) is 11.3 Å². The van der Waals surface area contributed by atoms with Crippen LogP contribution in [0.15, 0.2) is 76.3 Å². The van der Waals surface area contributed by atoms with Crippen LogP contribution >= 0.6 is 11.8 Å². The van der Waals surface area contributed by atoms with E-state index in [1.165, 1.54) is 54.1 Å². The number of ketones is 1. The number of aromatic nitrogens is 1. The van der Waals surface area contributed by atoms with Crippen LogP contribution in [-0.4, -0.2) is 15.9 Å². The molecule has 4 aromatic carbocycles. The van der Waals surface area contributed by atoms with Gasteiger partial charge in [0, 0.05) is 54.3 Å². The first-order chi connectivity index (χ1) is 25.4. The summed E-state index contributed by atoms with van der Waals surface area (Å²) in [6.45, 7) is 26.2. The molecule has 1 radical (unpaired) electrons. The van der Waals surface area contributed by atoms with Crippen molar-refractivity contribution < 1.29 is 31.4 Å². The van der Waals surface area contributed by atoms with Crippen molar-refractivity contribution in [2.24, 2.45) is 22.2 Å². The minimum absolute atomic E-state index is 0. The first-order valence-corrected chi connectivity index (χ1v) is 20.7. The van der Waals surface area contributed by atoms with Crippen LogP contribution in [0.5, 0.6) is 0 Å². The number of pyridine rings is 1. The zero-order chi connectivity index (χ0) is 39.7. The Labute approximate surface area is 345 Å². The number of fused-ring (bicyclic) bond motifs is 5. The number of aliphatic hydroxyl groups excluding tert-OH is 1. The molecule has 0 fully saturated rings. The summed E-state index contributed by atoms with van der Waals surface area (Å²) in [6.07, 6.45) is 8.05. The number of allylic oxidation sites excluding steroid dienone is 2. The van der Waals surface area contributed by atoms with Crippen molar-refractivity contribution in [1.82, 2.24) is 4.98 Å². The minimum Gasteiger partial charge on any atom is -0.512 e. The Hall–Kier alpha value is -2.98. The van der Waals surface area contributed by atoms with Gasteiger partial charge in [-0.15, -0.1) is 29.3 Å². The van der Waals surface area contributed by atoms with E-state index in [4.69, 9.17) is 6.35 Å². The largest absolute Gasteiger partial charge is 0.512 e. The van der Waals surface area contributed by atoms with Gasteiger partial charge in [0.05, 0.1) is 7.13 Å². The van der Waals surface area contributed by atoms with Gasteiger partial charge in [-0.1, -0.05) is 129 Å².